The number of halogens is 1. The van der Waals surface area contributed by atoms with E-state index in [1.807, 2.05) is 0 Å². The summed E-state index contributed by atoms with van der Waals surface area (Å²) in [4.78, 5) is 15.1. The minimum Gasteiger partial charge on any atom is -0.293 e. The fraction of sp³-hybridized carbons (Fsp3) is 0.611. The van der Waals surface area contributed by atoms with Gasteiger partial charge in [0.05, 0.1) is 6.04 Å². The lowest BCUT2D eigenvalue weighted by Crippen LogP contribution is -2.44. The van der Waals surface area contributed by atoms with Crippen LogP contribution in [0.1, 0.15) is 62.2 Å². The molecule has 1 aromatic carbocycles. The summed E-state index contributed by atoms with van der Waals surface area (Å²) < 4.78 is 13.0. The Balaban J connectivity index is 2.08. The molecule has 1 atom stereocenters. The molecular formula is C18H26FNO. The number of hydrogen-bond donors (Lipinski definition) is 0. The van der Waals surface area contributed by atoms with Crippen LogP contribution in [-0.2, 0) is 0 Å². The molecule has 116 valence electrons. The van der Waals surface area contributed by atoms with Gasteiger partial charge in [-0.25, -0.2) is 4.39 Å². The summed E-state index contributed by atoms with van der Waals surface area (Å²) in [6, 6.07) is 5.98. The van der Waals surface area contributed by atoms with Crippen LogP contribution in [0.3, 0.4) is 0 Å². The molecule has 0 bridgehead atoms. The van der Waals surface area contributed by atoms with Gasteiger partial charge in [0.25, 0.3) is 0 Å². The van der Waals surface area contributed by atoms with Gasteiger partial charge in [0, 0.05) is 5.56 Å². The number of unbranched alkanes of at least 4 members (excludes halogenated alkanes) is 2. The van der Waals surface area contributed by atoms with E-state index in [-0.39, 0.29) is 17.6 Å². The number of nitrogens with zero attached hydrogens (tertiary/aromatic N) is 1. The van der Waals surface area contributed by atoms with Crippen LogP contribution in [0.25, 0.3) is 0 Å². The van der Waals surface area contributed by atoms with Crippen LogP contribution >= 0.6 is 0 Å². The summed E-state index contributed by atoms with van der Waals surface area (Å²) >= 11 is 0. The number of carbonyl (C=O) groups excluding carboxylic acids is 1. The molecule has 0 unspecified atom stereocenters. The van der Waals surface area contributed by atoms with Gasteiger partial charge in [0.1, 0.15) is 5.82 Å². The lowest BCUT2D eigenvalue weighted by molar-refractivity contribution is 0.0764. The maximum absolute atomic E-state index is 13.0. The molecule has 0 aliphatic carbocycles. The molecule has 0 amide bonds. The van der Waals surface area contributed by atoms with Gasteiger partial charge in [-0.05, 0) is 56.6 Å². The van der Waals surface area contributed by atoms with E-state index >= 15 is 0 Å². The van der Waals surface area contributed by atoms with Crippen LogP contribution in [0.4, 0.5) is 4.39 Å². The second-order valence-corrected chi connectivity index (χ2v) is 5.98. The smallest absolute Gasteiger partial charge is 0.179 e. The number of piperidine rings is 1. The molecule has 0 saturated carbocycles. The molecule has 2 rings (SSSR count). The topological polar surface area (TPSA) is 20.3 Å². The highest BCUT2D eigenvalue weighted by Crippen LogP contribution is 2.20. The second kappa shape index (κ2) is 8.28. The van der Waals surface area contributed by atoms with Crippen molar-refractivity contribution < 1.29 is 9.18 Å². The first-order valence-electron chi connectivity index (χ1n) is 8.26. The number of benzene rings is 1. The average molecular weight is 291 g/mol. The number of Topliss-reactive ketones (excluding diaryl/α,β-unsaturated/α-hetero) is 1. The first kappa shape index (κ1) is 16.2. The van der Waals surface area contributed by atoms with Gasteiger partial charge in [-0.2, -0.15) is 0 Å². The number of carbonyl (C=O) groups is 1. The van der Waals surface area contributed by atoms with Crippen molar-refractivity contribution >= 4 is 5.78 Å². The Morgan fingerprint density at radius 3 is 2.43 bits per heavy atom. The fourth-order valence-electron chi connectivity index (χ4n) is 3.10. The van der Waals surface area contributed by atoms with E-state index in [9.17, 15) is 9.18 Å². The molecule has 0 N–H and O–H groups in total. The molecule has 2 nitrogen and oxygen atoms in total. The average Bonchev–Trinajstić information content (AvgIpc) is 2.53. The normalized spacial score (nSPS) is 17.6. The van der Waals surface area contributed by atoms with Crippen LogP contribution in [0.2, 0.25) is 0 Å². The summed E-state index contributed by atoms with van der Waals surface area (Å²) in [6.45, 7) is 4.21. The summed E-state index contributed by atoms with van der Waals surface area (Å²) in [5.41, 5.74) is 0.642. The van der Waals surface area contributed by atoms with Crippen LogP contribution in [-0.4, -0.2) is 29.8 Å². The largest absolute Gasteiger partial charge is 0.293 e. The third kappa shape index (κ3) is 4.63. The number of rotatable bonds is 7. The Bertz CT molecular complexity index is 437. The first-order chi connectivity index (χ1) is 10.2. The van der Waals surface area contributed by atoms with Crippen LogP contribution in [0, 0.1) is 5.82 Å². The van der Waals surface area contributed by atoms with E-state index in [1.54, 1.807) is 12.1 Å². The molecule has 3 heteroatoms. The monoisotopic (exact) mass is 291 g/mol. The third-order valence-electron chi connectivity index (χ3n) is 4.34. The highest BCUT2D eigenvalue weighted by molar-refractivity contribution is 6.00. The van der Waals surface area contributed by atoms with E-state index < -0.39 is 0 Å². The van der Waals surface area contributed by atoms with Gasteiger partial charge in [0.2, 0.25) is 0 Å². The Labute approximate surface area is 127 Å². The number of ketones is 1. The summed E-state index contributed by atoms with van der Waals surface area (Å²) in [7, 11) is 0. The first-order valence-corrected chi connectivity index (χ1v) is 8.26. The van der Waals surface area contributed by atoms with Crippen molar-refractivity contribution in [2.45, 2.75) is 57.9 Å². The van der Waals surface area contributed by atoms with Crippen molar-refractivity contribution in [2.75, 3.05) is 13.1 Å². The summed E-state index contributed by atoms with van der Waals surface area (Å²) in [5, 5.41) is 0. The van der Waals surface area contributed by atoms with Gasteiger partial charge in [-0.15, -0.1) is 0 Å². The van der Waals surface area contributed by atoms with Crippen molar-refractivity contribution in [3.05, 3.63) is 35.6 Å². The molecule has 1 fully saturated rings. The molecule has 0 spiro atoms. The van der Waals surface area contributed by atoms with Gasteiger partial charge in [0.15, 0.2) is 5.78 Å². The molecule has 21 heavy (non-hydrogen) atoms. The van der Waals surface area contributed by atoms with Crippen molar-refractivity contribution in [1.82, 2.24) is 4.90 Å². The predicted molar refractivity (Wildman–Crippen MR) is 84.1 cm³/mol. The van der Waals surface area contributed by atoms with Gasteiger partial charge < -0.3 is 0 Å². The molecule has 0 radical (unpaired) electrons. The molecule has 1 aromatic rings. The molecule has 1 aliphatic heterocycles. The summed E-state index contributed by atoms with van der Waals surface area (Å²) in [6.07, 6.45) is 7.97. The van der Waals surface area contributed by atoms with Crippen molar-refractivity contribution in [1.29, 1.82) is 0 Å². The highest BCUT2D eigenvalue weighted by atomic mass is 19.1. The molecule has 0 aromatic heterocycles. The van der Waals surface area contributed by atoms with Gasteiger partial charge in [-0.3, -0.25) is 9.69 Å². The van der Waals surface area contributed by atoms with E-state index in [4.69, 9.17) is 0 Å². The lowest BCUT2D eigenvalue weighted by Gasteiger charge is -2.33. The van der Waals surface area contributed by atoms with Crippen LogP contribution in [0.5, 0.6) is 0 Å². The zero-order valence-corrected chi connectivity index (χ0v) is 13.0. The Morgan fingerprint density at radius 2 is 1.81 bits per heavy atom. The molecule has 1 heterocycles. The SMILES string of the molecule is CCCCC[C@@H](C(=O)c1ccc(F)cc1)N1CCCCC1. The Morgan fingerprint density at radius 1 is 1.14 bits per heavy atom. The van der Waals surface area contributed by atoms with Gasteiger partial charge in [-0.1, -0.05) is 32.6 Å². The van der Waals surface area contributed by atoms with E-state index in [0.29, 0.717) is 5.56 Å². The van der Waals surface area contributed by atoms with E-state index in [2.05, 4.69) is 11.8 Å². The molecule has 1 aliphatic rings. The van der Waals surface area contributed by atoms with E-state index in [1.165, 1.54) is 37.8 Å². The lowest BCUT2D eigenvalue weighted by atomic mass is 9.95. The zero-order valence-electron chi connectivity index (χ0n) is 13.0. The molecular weight excluding hydrogens is 265 g/mol. The minimum atomic E-state index is -0.285. The predicted octanol–water partition coefficient (Wildman–Crippen LogP) is 4.44. The highest BCUT2D eigenvalue weighted by Gasteiger charge is 2.27. The minimum absolute atomic E-state index is 0.0256. The van der Waals surface area contributed by atoms with E-state index in [0.717, 1.165) is 32.4 Å². The maximum Gasteiger partial charge on any atom is 0.179 e. The zero-order chi connectivity index (χ0) is 15.1. The third-order valence-corrected chi connectivity index (χ3v) is 4.34. The number of hydrogen-bond acceptors (Lipinski definition) is 2. The quantitative estimate of drug-likeness (QED) is 0.546. The van der Waals surface area contributed by atoms with Crippen LogP contribution < -0.4 is 0 Å². The molecule has 1 saturated heterocycles. The Kier molecular flexibility index (Phi) is 6.37. The summed E-state index contributed by atoms with van der Waals surface area (Å²) in [5.74, 6) is -0.125. The maximum atomic E-state index is 13.0. The van der Waals surface area contributed by atoms with Crippen molar-refractivity contribution in [3.63, 3.8) is 0 Å². The van der Waals surface area contributed by atoms with Crippen LogP contribution in [0.15, 0.2) is 24.3 Å². The second-order valence-electron chi connectivity index (χ2n) is 5.98. The number of likely N-dealkylation sites (tertiary alicyclic amines) is 1. The standard InChI is InChI=1S/C18H26FNO/c1-2-3-5-8-17(20-13-6-4-7-14-20)18(21)15-9-11-16(19)12-10-15/h9-12,17H,2-8,13-14H2,1H3/t17-/m0/s1. The van der Waals surface area contributed by atoms with Crippen molar-refractivity contribution in [2.24, 2.45) is 0 Å². The Hall–Kier alpha value is -1.22. The fourth-order valence-corrected chi connectivity index (χ4v) is 3.10. The van der Waals surface area contributed by atoms with Crippen molar-refractivity contribution in [3.8, 4) is 0 Å². The van der Waals surface area contributed by atoms with Gasteiger partial charge >= 0.3 is 0 Å².